The Bertz CT molecular complexity index is 231. The standard InChI is InChI=1S/C13H24O3/c1-10(2)8-13(16,12(14)15)9-11-6-4-3-5-7-11/h10-11,16H,3-9H2,1-2H3,(H,14,15). The molecule has 1 aliphatic rings. The van der Waals surface area contributed by atoms with E-state index < -0.39 is 11.6 Å². The van der Waals surface area contributed by atoms with Gasteiger partial charge in [0.15, 0.2) is 5.60 Å². The summed E-state index contributed by atoms with van der Waals surface area (Å²) in [4.78, 5) is 11.2. The van der Waals surface area contributed by atoms with Gasteiger partial charge >= 0.3 is 5.97 Å². The number of hydrogen-bond donors (Lipinski definition) is 2. The first-order valence-electron chi connectivity index (χ1n) is 6.40. The van der Waals surface area contributed by atoms with E-state index in [4.69, 9.17) is 5.11 Å². The summed E-state index contributed by atoms with van der Waals surface area (Å²) >= 11 is 0. The Morgan fingerprint density at radius 3 is 2.31 bits per heavy atom. The van der Waals surface area contributed by atoms with E-state index in [2.05, 4.69) is 0 Å². The quantitative estimate of drug-likeness (QED) is 0.760. The van der Waals surface area contributed by atoms with Crippen LogP contribution in [-0.4, -0.2) is 21.8 Å². The third kappa shape index (κ3) is 3.78. The molecule has 1 rings (SSSR count). The number of aliphatic carboxylic acids is 1. The smallest absolute Gasteiger partial charge is 0.335 e. The molecule has 94 valence electrons. The Morgan fingerprint density at radius 2 is 1.88 bits per heavy atom. The molecule has 1 saturated carbocycles. The van der Waals surface area contributed by atoms with Gasteiger partial charge in [-0.3, -0.25) is 0 Å². The Labute approximate surface area is 97.9 Å². The highest BCUT2D eigenvalue weighted by atomic mass is 16.4. The molecule has 1 unspecified atom stereocenters. The highest BCUT2D eigenvalue weighted by Crippen LogP contribution is 2.33. The van der Waals surface area contributed by atoms with Crippen molar-refractivity contribution >= 4 is 5.97 Å². The van der Waals surface area contributed by atoms with Crippen LogP contribution in [0.4, 0.5) is 0 Å². The van der Waals surface area contributed by atoms with E-state index in [1.54, 1.807) is 0 Å². The molecule has 0 aromatic carbocycles. The maximum Gasteiger partial charge on any atom is 0.335 e. The summed E-state index contributed by atoms with van der Waals surface area (Å²) < 4.78 is 0. The van der Waals surface area contributed by atoms with Crippen molar-refractivity contribution < 1.29 is 15.0 Å². The zero-order valence-corrected chi connectivity index (χ0v) is 10.4. The normalized spacial score (nSPS) is 22.0. The number of carboxylic acids is 1. The highest BCUT2D eigenvalue weighted by Gasteiger charge is 2.38. The second-order valence-electron chi connectivity index (χ2n) is 5.64. The SMILES string of the molecule is CC(C)CC(O)(CC1CCCCC1)C(=O)O. The largest absolute Gasteiger partial charge is 0.479 e. The van der Waals surface area contributed by atoms with E-state index in [1.165, 1.54) is 19.3 Å². The highest BCUT2D eigenvalue weighted by molar-refractivity contribution is 5.77. The van der Waals surface area contributed by atoms with Gasteiger partial charge in [-0.1, -0.05) is 46.0 Å². The first-order chi connectivity index (χ1) is 7.44. The average molecular weight is 228 g/mol. The molecule has 0 amide bonds. The van der Waals surface area contributed by atoms with Crippen LogP contribution >= 0.6 is 0 Å². The van der Waals surface area contributed by atoms with Crippen LogP contribution in [0.25, 0.3) is 0 Å². The van der Waals surface area contributed by atoms with Crippen molar-refractivity contribution in [2.45, 2.75) is 64.4 Å². The fourth-order valence-electron chi connectivity index (χ4n) is 2.80. The van der Waals surface area contributed by atoms with Crippen LogP contribution in [-0.2, 0) is 4.79 Å². The van der Waals surface area contributed by atoms with E-state index in [-0.39, 0.29) is 5.92 Å². The molecule has 1 atom stereocenters. The van der Waals surface area contributed by atoms with Gasteiger partial charge < -0.3 is 10.2 Å². The van der Waals surface area contributed by atoms with E-state index in [9.17, 15) is 9.90 Å². The summed E-state index contributed by atoms with van der Waals surface area (Å²) in [5.41, 5.74) is -1.50. The molecule has 1 aliphatic carbocycles. The molecule has 0 radical (unpaired) electrons. The molecule has 0 saturated heterocycles. The summed E-state index contributed by atoms with van der Waals surface area (Å²) in [6, 6.07) is 0. The van der Waals surface area contributed by atoms with Crippen LogP contribution in [0.15, 0.2) is 0 Å². The van der Waals surface area contributed by atoms with Crippen molar-refractivity contribution in [2.75, 3.05) is 0 Å². The minimum atomic E-state index is -1.50. The van der Waals surface area contributed by atoms with Crippen LogP contribution in [0, 0.1) is 11.8 Å². The Morgan fingerprint density at radius 1 is 1.31 bits per heavy atom. The molecule has 2 N–H and O–H groups in total. The first kappa shape index (κ1) is 13.5. The minimum Gasteiger partial charge on any atom is -0.479 e. The Hall–Kier alpha value is -0.570. The lowest BCUT2D eigenvalue weighted by molar-refractivity contribution is -0.162. The van der Waals surface area contributed by atoms with Gasteiger partial charge in [0.1, 0.15) is 0 Å². The molecule has 3 nitrogen and oxygen atoms in total. The van der Waals surface area contributed by atoms with E-state index in [0.717, 1.165) is 12.8 Å². The van der Waals surface area contributed by atoms with E-state index in [1.807, 2.05) is 13.8 Å². The fraction of sp³-hybridized carbons (Fsp3) is 0.923. The summed E-state index contributed by atoms with van der Waals surface area (Å²) in [5, 5.41) is 19.4. The predicted molar refractivity (Wildman–Crippen MR) is 63.2 cm³/mol. The van der Waals surface area contributed by atoms with Crippen molar-refractivity contribution in [1.82, 2.24) is 0 Å². The topological polar surface area (TPSA) is 57.5 Å². The second-order valence-corrected chi connectivity index (χ2v) is 5.64. The van der Waals surface area contributed by atoms with Crippen molar-refractivity contribution in [3.8, 4) is 0 Å². The lowest BCUT2D eigenvalue weighted by atomic mass is 9.78. The summed E-state index contributed by atoms with van der Waals surface area (Å²) in [6.45, 7) is 3.91. The van der Waals surface area contributed by atoms with Gasteiger partial charge in [0.25, 0.3) is 0 Å². The van der Waals surface area contributed by atoms with Gasteiger partial charge in [0.2, 0.25) is 0 Å². The molecular formula is C13H24O3. The predicted octanol–water partition coefficient (Wildman–Crippen LogP) is 2.82. The maximum atomic E-state index is 11.2. The zero-order valence-electron chi connectivity index (χ0n) is 10.4. The third-order valence-electron chi connectivity index (χ3n) is 3.50. The number of carbonyl (C=O) groups is 1. The lowest BCUT2D eigenvalue weighted by Gasteiger charge is -2.31. The maximum absolute atomic E-state index is 11.2. The van der Waals surface area contributed by atoms with E-state index in [0.29, 0.717) is 18.8 Å². The van der Waals surface area contributed by atoms with Crippen LogP contribution in [0.2, 0.25) is 0 Å². The van der Waals surface area contributed by atoms with Gasteiger partial charge in [-0.15, -0.1) is 0 Å². The lowest BCUT2D eigenvalue weighted by Crippen LogP contribution is -2.42. The molecule has 0 bridgehead atoms. The minimum absolute atomic E-state index is 0.213. The van der Waals surface area contributed by atoms with Crippen LogP contribution < -0.4 is 0 Å². The van der Waals surface area contributed by atoms with Gasteiger partial charge in [-0.25, -0.2) is 4.79 Å². The Balaban J connectivity index is 2.58. The number of hydrogen-bond acceptors (Lipinski definition) is 2. The van der Waals surface area contributed by atoms with Crippen molar-refractivity contribution in [3.05, 3.63) is 0 Å². The van der Waals surface area contributed by atoms with E-state index >= 15 is 0 Å². The molecule has 0 heterocycles. The van der Waals surface area contributed by atoms with Gasteiger partial charge in [0, 0.05) is 0 Å². The fourth-order valence-corrected chi connectivity index (χ4v) is 2.80. The second kappa shape index (κ2) is 5.67. The van der Waals surface area contributed by atoms with Crippen molar-refractivity contribution in [1.29, 1.82) is 0 Å². The molecule has 0 spiro atoms. The third-order valence-corrected chi connectivity index (χ3v) is 3.50. The van der Waals surface area contributed by atoms with Crippen LogP contribution in [0.1, 0.15) is 58.8 Å². The number of aliphatic hydroxyl groups is 1. The Kier molecular flexibility index (Phi) is 4.78. The molecular weight excluding hydrogens is 204 g/mol. The number of carboxylic acid groups (broad SMARTS) is 1. The van der Waals surface area contributed by atoms with Crippen molar-refractivity contribution in [2.24, 2.45) is 11.8 Å². The van der Waals surface area contributed by atoms with Crippen LogP contribution in [0.5, 0.6) is 0 Å². The monoisotopic (exact) mass is 228 g/mol. The summed E-state index contributed by atoms with van der Waals surface area (Å²) in [5.74, 6) is -0.440. The molecule has 0 aromatic rings. The van der Waals surface area contributed by atoms with Gasteiger partial charge in [0.05, 0.1) is 0 Å². The zero-order chi connectivity index (χ0) is 12.2. The molecule has 0 aliphatic heterocycles. The molecule has 3 heteroatoms. The summed E-state index contributed by atoms with van der Waals surface area (Å²) in [7, 11) is 0. The van der Waals surface area contributed by atoms with Gasteiger partial charge in [-0.2, -0.15) is 0 Å². The van der Waals surface area contributed by atoms with Gasteiger partial charge in [-0.05, 0) is 24.7 Å². The van der Waals surface area contributed by atoms with Crippen molar-refractivity contribution in [3.63, 3.8) is 0 Å². The first-order valence-corrected chi connectivity index (χ1v) is 6.40. The average Bonchev–Trinajstić information content (AvgIpc) is 2.17. The molecule has 1 fully saturated rings. The van der Waals surface area contributed by atoms with Crippen LogP contribution in [0.3, 0.4) is 0 Å². The number of rotatable bonds is 5. The molecule has 0 aromatic heterocycles. The molecule has 16 heavy (non-hydrogen) atoms. The summed E-state index contributed by atoms with van der Waals surface area (Å²) in [6.07, 6.45) is 6.57.